The molecule has 0 saturated carbocycles. The van der Waals surface area contributed by atoms with E-state index < -0.39 is 0 Å². The predicted molar refractivity (Wildman–Crippen MR) is 84.6 cm³/mol. The monoisotopic (exact) mass is 336 g/mol. The summed E-state index contributed by atoms with van der Waals surface area (Å²) in [5, 5.41) is 7.85. The molecule has 0 radical (unpaired) electrons. The predicted octanol–water partition coefficient (Wildman–Crippen LogP) is 3.34. The summed E-state index contributed by atoms with van der Waals surface area (Å²) in [7, 11) is 2.00. The second kappa shape index (κ2) is 7.55. The fourth-order valence-electron chi connectivity index (χ4n) is 2.38. The topological polar surface area (TPSA) is 42.7 Å². The molecule has 1 N–H and O–H groups in total. The van der Waals surface area contributed by atoms with Crippen LogP contribution in [0.4, 0.5) is 0 Å². The third-order valence-corrected chi connectivity index (χ3v) is 4.00. The molecule has 0 saturated heterocycles. The largest absolute Gasteiger partial charge is 0.312 e. The lowest BCUT2D eigenvalue weighted by Gasteiger charge is -2.18. The minimum atomic E-state index is 0.290. The van der Waals surface area contributed by atoms with Gasteiger partial charge in [-0.1, -0.05) is 13.0 Å². The number of halogens is 1. The molecule has 4 nitrogen and oxygen atoms in total. The first kappa shape index (κ1) is 15.2. The number of hydrogen-bond donors (Lipinski definition) is 1. The highest BCUT2D eigenvalue weighted by atomic mass is 79.9. The number of nitrogens with zero attached hydrogens (tertiary/aromatic N) is 3. The van der Waals surface area contributed by atoms with Crippen molar-refractivity contribution in [1.82, 2.24) is 20.1 Å². The first-order valence-electron chi connectivity index (χ1n) is 7.03. The smallest absolute Gasteiger partial charge is 0.0695 e. The molecule has 2 heterocycles. The molecule has 1 unspecified atom stereocenters. The fourth-order valence-corrected chi connectivity index (χ4v) is 2.96. The number of aryl methyl sites for hydroxylation is 2. The summed E-state index contributed by atoms with van der Waals surface area (Å²) in [6, 6.07) is 4.40. The minimum Gasteiger partial charge on any atom is -0.312 e. The van der Waals surface area contributed by atoms with Crippen LogP contribution in [0.3, 0.4) is 0 Å². The van der Waals surface area contributed by atoms with E-state index in [1.807, 2.05) is 31.7 Å². The van der Waals surface area contributed by atoms with E-state index in [-0.39, 0.29) is 0 Å². The quantitative estimate of drug-likeness (QED) is 0.843. The lowest BCUT2D eigenvalue weighted by molar-refractivity contribution is 0.475. The van der Waals surface area contributed by atoms with Gasteiger partial charge in [-0.3, -0.25) is 9.67 Å². The molecule has 0 bridgehead atoms. The van der Waals surface area contributed by atoms with Crippen LogP contribution >= 0.6 is 15.9 Å². The average molecular weight is 337 g/mol. The van der Waals surface area contributed by atoms with Gasteiger partial charge >= 0.3 is 0 Å². The second-order valence-corrected chi connectivity index (χ2v) is 5.70. The highest BCUT2D eigenvalue weighted by Crippen LogP contribution is 2.26. The molecule has 0 aliphatic heterocycles. The Morgan fingerprint density at radius 1 is 1.40 bits per heavy atom. The zero-order valence-electron chi connectivity index (χ0n) is 12.0. The third-order valence-electron chi connectivity index (χ3n) is 3.39. The van der Waals surface area contributed by atoms with E-state index in [2.05, 4.69) is 49.0 Å². The maximum atomic E-state index is 4.45. The van der Waals surface area contributed by atoms with Crippen LogP contribution in [0, 0.1) is 0 Å². The Bertz CT molecular complexity index is 524. The van der Waals surface area contributed by atoms with Gasteiger partial charge in [-0.15, -0.1) is 0 Å². The number of nitrogens with one attached hydrogen (secondary N) is 1. The van der Waals surface area contributed by atoms with Crippen molar-refractivity contribution in [1.29, 1.82) is 0 Å². The van der Waals surface area contributed by atoms with Gasteiger partial charge in [0.15, 0.2) is 0 Å². The molecule has 0 aliphatic carbocycles. The van der Waals surface area contributed by atoms with Crippen molar-refractivity contribution >= 4 is 15.9 Å². The molecular formula is C15H21BrN4. The summed E-state index contributed by atoms with van der Waals surface area (Å²) in [6.45, 7) is 3.12. The lowest BCUT2D eigenvalue weighted by Crippen LogP contribution is -2.21. The summed E-state index contributed by atoms with van der Waals surface area (Å²) >= 11 is 3.62. The van der Waals surface area contributed by atoms with E-state index in [4.69, 9.17) is 0 Å². The van der Waals surface area contributed by atoms with Crippen LogP contribution in [-0.4, -0.2) is 21.8 Å². The molecule has 0 fully saturated rings. The van der Waals surface area contributed by atoms with Gasteiger partial charge in [0.1, 0.15) is 0 Å². The van der Waals surface area contributed by atoms with E-state index in [0.29, 0.717) is 6.04 Å². The lowest BCUT2D eigenvalue weighted by atomic mass is 10.0. The Labute approximate surface area is 128 Å². The molecular weight excluding hydrogens is 316 g/mol. The summed E-state index contributed by atoms with van der Waals surface area (Å²) in [6.07, 6.45) is 8.75. The van der Waals surface area contributed by atoms with Crippen molar-refractivity contribution in [2.75, 3.05) is 7.05 Å². The maximum Gasteiger partial charge on any atom is 0.0695 e. The number of hydrogen-bond acceptors (Lipinski definition) is 3. The van der Waals surface area contributed by atoms with E-state index in [0.717, 1.165) is 30.3 Å². The summed E-state index contributed by atoms with van der Waals surface area (Å²) in [5.41, 5.74) is 2.50. The van der Waals surface area contributed by atoms with Gasteiger partial charge < -0.3 is 5.32 Å². The molecule has 0 spiro atoms. The van der Waals surface area contributed by atoms with Crippen LogP contribution in [0.2, 0.25) is 0 Å². The van der Waals surface area contributed by atoms with Crippen molar-refractivity contribution < 1.29 is 0 Å². The molecule has 0 amide bonds. The fraction of sp³-hybridized carbons (Fsp3) is 0.467. The van der Waals surface area contributed by atoms with Crippen molar-refractivity contribution in [3.05, 3.63) is 46.5 Å². The highest BCUT2D eigenvalue weighted by molar-refractivity contribution is 9.10. The summed E-state index contributed by atoms with van der Waals surface area (Å²) in [4.78, 5) is 4.17. The van der Waals surface area contributed by atoms with Crippen molar-refractivity contribution in [2.24, 2.45) is 0 Å². The van der Waals surface area contributed by atoms with Gasteiger partial charge in [-0.05, 0) is 53.9 Å². The van der Waals surface area contributed by atoms with Crippen LogP contribution in [-0.2, 0) is 13.0 Å². The van der Waals surface area contributed by atoms with Crippen LogP contribution in [0.25, 0.3) is 0 Å². The Hall–Kier alpha value is -1.20. The zero-order chi connectivity index (χ0) is 14.4. The van der Waals surface area contributed by atoms with Gasteiger partial charge in [0.05, 0.1) is 22.4 Å². The minimum absolute atomic E-state index is 0.290. The van der Waals surface area contributed by atoms with Crippen LogP contribution in [0.5, 0.6) is 0 Å². The summed E-state index contributed by atoms with van der Waals surface area (Å²) < 4.78 is 3.17. The van der Waals surface area contributed by atoms with Crippen LogP contribution < -0.4 is 5.32 Å². The molecule has 2 rings (SSSR count). The maximum absolute atomic E-state index is 4.45. The first-order valence-corrected chi connectivity index (χ1v) is 7.83. The van der Waals surface area contributed by atoms with Crippen molar-refractivity contribution in [2.45, 2.75) is 38.8 Å². The molecule has 108 valence electrons. The average Bonchev–Trinajstić information content (AvgIpc) is 2.83. The van der Waals surface area contributed by atoms with E-state index in [1.54, 1.807) is 0 Å². The number of aromatic nitrogens is 3. The van der Waals surface area contributed by atoms with Crippen molar-refractivity contribution in [3.8, 4) is 0 Å². The van der Waals surface area contributed by atoms with E-state index in [9.17, 15) is 0 Å². The van der Waals surface area contributed by atoms with E-state index >= 15 is 0 Å². The van der Waals surface area contributed by atoms with Gasteiger partial charge in [0.2, 0.25) is 0 Å². The first-order chi connectivity index (χ1) is 9.76. The zero-order valence-corrected chi connectivity index (χ0v) is 13.6. The number of pyridine rings is 1. The van der Waals surface area contributed by atoms with E-state index in [1.165, 1.54) is 11.3 Å². The van der Waals surface area contributed by atoms with Gasteiger partial charge in [0, 0.05) is 18.9 Å². The Morgan fingerprint density at radius 2 is 2.25 bits per heavy atom. The molecule has 5 heteroatoms. The molecule has 2 aromatic rings. The standard InChI is InChI=1S/C15H21BrN4/c1-3-9-20-15(13(16)11-19-20)14(17-2)7-6-12-5-4-8-18-10-12/h4-5,8,10-11,14,17H,3,6-7,9H2,1-2H3. The molecule has 1 atom stereocenters. The molecule has 20 heavy (non-hydrogen) atoms. The molecule has 2 aromatic heterocycles. The normalized spacial score (nSPS) is 12.6. The SMILES string of the molecule is CCCn1ncc(Br)c1C(CCc1cccnc1)NC. The molecule has 0 aliphatic rings. The molecule has 0 aromatic carbocycles. The Balaban J connectivity index is 2.10. The van der Waals surface area contributed by atoms with Gasteiger partial charge in [0.25, 0.3) is 0 Å². The van der Waals surface area contributed by atoms with Gasteiger partial charge in [-0.2, -0.15) is 5.10 Å². The van der Waals surface area contributed by atoms with Crippen LogP contribution in [0.1, 0.15) is 37.1 Å². The second-order valence-electron chi connectivity index (χ2n) is 4.84. The Kier molecular flexibility index (Phi) is 5.73. The van der Waals surface area contributed by atoms with Crippen molar-refractivity contribution in [3.63, 3.8) is 0 Å². The van der Waals surface area contributed by atoms with Crippen LogP contribution in [0.15, 0.2) is 35.2 Å². The summed E-state index contributed by atoms with van der Waals surface area (Å²) in [5.74, 6) is 0. The van der Waals surface area contributed by atoms with Gasteiger partial charge in [-0.25, -0.2) is 0 Å². The Morgan fingerprint density at radius 3 is 2.90 bits per heavy atom. The number of rotatable bonds is 7. The third kappa shape index (κ3) is 3.67. The highest BCUT2D eigenvalue weighted by Gasteiger charge is 2.18.